The van der Waals surface area contributed by atoms with Crippen molar-refractivity contribution >= 4 is 5.91 Å². The van der Waals surface area contributed by atoms with E-state index in [4.69, 9.17) is 18.6 Å². The minimum atomic E-state index is -0.0938. The van der Waals surface area contributed by atoms with Crippen molar-refractivity contribution in [2.24, 2.45) is 11.3 Å². The third-order valence-electron chi connectivity index (χ3n) is 5.89. The molecule has 4 rings (SSSR count). The maximum Gasteiger partial charge on any atom is 0.289 e. The molecule has 2 aliphatic heterocycles. The van der Waals surface area contributed by atoms with E-state index in [-0.39, 0.29) is 11.3 Å². The van der Waals surface area contributed by atoms with Gasteiger partial charge >= 0.3 is 0 Å². The van der Waals surface area contributed by atoms with E-state index in [2.05, 4.69) is 0 Å². The van der Waals surface area contributed by atoms with Crippen molar-refractivity contribution in [2.45, 2.75) is 20.5 Å². The van der Waals surface area contributed by atoms with Crippen molar-refractivity contribution in [3.63, 3.8) is 0 Å². The van der Waals surface area contributed by atoms with E-state index in [1.807, 2.05) is 43.0 Å². The fraction of sp³-hybridized carbons (Fsp3) is 0.500. The lowest BCUT2D eigenvalue weighted by atomic mass is 9.82. The molecular formula is C22H27NO5. The van der Waals surface area contributed by atoms with Gasteiger partial charge < -0.3 is 23.5 Å². The summed E-state index contributed by atoms with van der Waals surface area (Å²) in [4.78, 5) is 14.9. The second-order valence-corrected chi connectivity index (χ2v) is 7.99. The molecule has 1 aromatic carbocycles. The van der Waals surface area contributed by atoms with Crippen molar-refractivity contribution < 1.29 is 23.4 Å². The Bertz CT molecular complexity index is 843. The zero-order valence-corrected chi connectivity index (χ0v) is 16.7. The average molecular weight is 385 g/mol. The van der Waals surface area contributed by atoms with Crippen LogP contribution in [0.1, 0.15) is 27.4 Å². The van der Waals surface area contributed by atoms with Crippen molar-refractivity contribution in [1.82, 2.24) is 4.90 Å². The fourth-order valence-corrected chi connectivity index (χ4v) is 4.20. The van der Waals surface area contributed by atoms with Crippen LogP contribution in [0, 0.1) is 25.2 Å². The number of amides is 1. The lowest BCUT2D eigenvalue weighted by Gasteiger charge is -2.25. The van der Waals surface area contributed by atoms with Gasteiger partial charge in [-0.25, -0.2) is 0 Å². The Morgan fingerprint density at radius 1 is 1.29 bits per heavy atom. The molecule has 150 valence electrons. The molecule has 1 aromatic heterocycles. The van der Waals surface area contributed by atoms with E-state index in [0.717, 1.165) is 11.3 Å². The second kappa shape index (κ2) is 7.60. The second-order valence-electron chi connectivity index (χ2n) is 7.99. The van der Waals surface area contributed by atoms with E-state index in [1.165, 1.54) is 5.56 Å². The van der Waals surface area contributed by atoms with Crippen molar-refractivity contribution in [3.8, 4) is 5.75 Å². The van der Waals surface area contributed by atoms with Gasteiger partial charge in [-0.1, -0.05) is 17.7 Å². The summed E-state index contributed by atoms with van der Waals surface area (Å²) in [6.45, 7) is 7.52. The van der Waals surface area contributed by atoms with Crippen molar-refractivity contribution in [2.75, 3.05) is 40.0 Å². The molecule has 2 aromatic rings. The van der Waals surface area contributed by atoms with Gasteiger partial charge in [-0.3, -0.25) is 4.79 Å². The average Bonchev–Trinajstić information content (AvgIpc) is 3.33. The van der Waals surface area contributed by atoms with Gasteiger partial charge in [0.05, 0.1) is 19.8 Å². The number of ether oxygens (including phenoxy) is 3. The van der Waals surface area contributed by atoms with Crippen LogP contribution in [0.25, 0.3) is 0 Å². The zero-order chi connectivity index (χ0) is 19.7. The highest BCUT2D eigenvalue weighted by Gasteiger charge is 2.52. The van der Waals surface area contributed by atoms with Gasteiger partial charge in [0, 0.05) is 37.1 Å². The number of carbonyl (C=O) groups is 1. The first kappa shape index (κ1) is 19.0. The Morgan fingerprint density at radius 3 is 2.82 bits per heavy atom. The monoisotopic (exact) mass is 385 g/mol. The smallest absolute Gasteiger partial charge is 0.289 e. The normalized spacial score (nSPS) is 23.8. The third kappa shape index (κ3) is 3.54. The molecule has 28 heavy (non-hydrogen) atoms. The Hall–Kier alpha value is -2.31. The number of rotatable bonds is 6. The van der Waals surface area contributed by atoms with E-state index < -0.39 is 0 Å². The predicted molar refractivity (Wildman–Crippen MR) is 103 cm³/mol. The number of hydrogen-bond donors (Lipinski definition) is 0. The Labute approximate surface area is 165 Å². The van der Waals surface area contributed by atoms with Gasteiger partial charge in [-0.15, -0.1) is 0 Å². The molecule has 0 radical (unpaired) electrons. The SMILES string of the molecule is COC[C@@]12COC[C@@H]1CN(C(=O)c1cc(COc3ccc(C)cc3)c(C)o1)C2. The number of likely N-dealkylation sites (tertiary alicyclic amines) is 1. The maximum atomic E-state index is 13.0. The van der Waals surface area contributed by atoms with Crippen LogP contribution < -0.4 is 4.74 Å². The van der Waals surface area contributed by atoms with E-state index >= 15 is 0 Å². The third-order valence-corrected chi connectivity index (χ3v) is 5.89. The highest BCUT2D eigenvalue weighted by atomic mass is 16.5. The molecule has 1 amide bonds. The summed E-state index contributed by atoms with van der Waals surface area (Å²) in [6, 6.07) is 9.71. The molecule has 0 N–H and O–H groups in total. The van der Waals surface area contributed by atoms with E-state index in [9.17, 15) is 4.79 Å². The van der Waals surface area contributed by atoms with Gasteiger partial charge in [0.1, 0.15) is 18.1 Å². The number of aryl methyl sites for hydroxylation is 2. The molecule has 0 bridgehead atoms. The van der Waals surface area contributed by atoms with Crippen LogP contribution in [0.2, 0.25) is 0 Å². The first-order valence-electron chi connectivity index (χ1n) is 9.65. The van der Waals surface area contributed by atoms with Gasteiger partial charge in [0.2, 0.25) is 0 Å². The number of carbonyl (C=O) groups excluding carboxylic acids is 1. The molecule has 2 aliphatic rings. The van der Waals surface area contributed by atoms with Crippen molar-refractivity contribution in [1.29, 1.82) is 0 Å². The molecule has 0 aliphatic carbocycles. The number of fused-ring (bicyclic) bond motifs is 1. The number of benzene rings is 1. The predicted octanol–water partition coefficient (Wildman–Crippen LogP) is 3.21. The molecule has 6 heteroatoms. The summed E-state index contributed by atoms with van der Waals surface area (Å²) in [5, 5.41) is 0. The Morgan fingerprint density at radius 2 is 2.07 bits per heavy atom. The van der Waals surface area contributed by atoms with Crippen LogP contribution in [0.3, 0.4) is 0 Å². The van der Waals surface area contributed by atoms with Gasteiger partial charge in [-0.05, 0) is 32.0 Å². The minimum Gasteiger partial charge on any atom is -0.489 e. The van der Waals surface area contributed by atoms with Crippen LogP contribution in [0.15, 0.2) is 34.7 Å². The summed E-state index contributed by atoms with van der Waals surface area (Å²) in [6.07, 6.45) is 0. The highest BCUT2D eigenvalue weighted by molar-refractivity contribution is 5.92. The molecular weight excluding hydrogens is 358 g/mol. The Kier molecular flexibility index (Phi) is 5.17. The van der Waals surface area contributed by atoms with Gasteiger partial charge in [0.25, 0.3) is 5.91 Å². The fourth-order valence-electron chi connectivity index (χ4n) is 4.20. The summed E-state index contributed by atoms with van der Waals surface area (Å²) in [5.74, 6) is 2.12. The number of nitrogens with zero attached hydrogens (tertiary/aromatic N) is 1. The molecule has 0 saturated carbocycles. The van der Waals surface area contributed by atoms with Crippen LogP contribution in [0.5, 0.6) is 5.75 Å². The molecule has 2 fully saturated rings. The van der Waals surface area contributed by atoms with Gasteiger partial charge in [-0.2, -0.15) is 0 Å². The lowest BCUT2D eigenvalue weighted by Crippen LogP contribution is -2.36. The summed E-state index contributed by atoms with van der Waals surface area (Å²) in [5.41, 5.74) is 1.98. The van der Waals surface area contributed by atoms with Crippen LogP contribution in [0.4, 0.5) is 0 Å². The lowest BCUT2D eigenvalue weighted by molar-refractivity contribution is 0.0477. The molecule has 0 unspecified atom stereocenters. The first-order chi connectivity index (χ1) is 13.5. The topological polar surface area (TPSA) is 61.1 Å². The summed E-state index contributed by atoms with van der Waals surface area (Å²) >= 11 is 0. The zero-order valence-electron chi connectivity index (χ0n) is 16.7. The maximum absolute atomic E-state index is 13.0. The quantitative estimate of drug-likeness (QED) is 0.764. The summed E-state index contributed by atoms with van der Waals surface area (Å²) < 4.78 is 22.7. The van der Waals surface area contributed by atoms with Gasteiger partial charge in [0.15, 0.2) is 5.76 Å². The van der Waals surface area contributed by atoms with E-state index in [0.29, 0.717) is 57.0 Å². The molecule has 0 spiro atoms. The molecule has 2 saturated heterocycles. The minimum absolute atomic E-state index is 0.0745. The number of furan rings is 1. The van der Waals surface area contributed by atoms with Crippen LogP contribution in [-0.2, 0) is 16.1 Å². The van der Waals surface area contributed by atoms with Crippen LogP contribution in [-0.4, -0.2) is 50.8 Å². The van der Waals surface area contributed by atoms with Crippen molar-refractivity contribution in [3.05, 3.63) is 53.0 Å². The molecule has 2 atom stereocenters. The summed E-state index contributed by atoms with van der Waals surface area (Å²) in [7, 11) is 1.70. The standard InChI is InChI=1S/C22H27NO5/c1-15-4-6-19(7-5-15)27-10-17-8-20(28-16(17)2)21(24)23-9-18-11-26-14-22(18,12-23)13-25-3/h4-8,18H,9-14H2,1-3H3/t18-,22-/m0/s1. The first-order valence-corrected chi connectivity index (χ1v) is 9.65. The molecule has 6 nitrogen and oxygen atoms in total. The van der Waals surface area contributed by atoms with Crippen LogP contribution >= 0.6 is 0 Å². The van der Waals surface area contributed by atoms with E-state index in [1.54, 1.807) is 13.2 Å². The number of hydrogen-bond acceptors (Lipinski definition) is 5. The largest absolute Gasteiger partial charge is 0.489 e. The Balaban J connectivity index is 1.43. The molecule has 3 heterocycles. The highest BCUT2D eigenvalue weighted by Crippen LogP contribution is 2.42. The number of methoxy groups -OCH3 is 1.